The third-order valence-corrected chi connectivity index (χ3v) is 4.69. The summed E-state index contributed by atoms with van der Waals surface area (Å²) in [5.41, 5.74) is 2.37. The molecule has 0 radical (unpaired) electrons. The van der Waals surface area contributed by atoms with E-state index in [2.05, 4.69) is 16.7 Å². The van der Waals surface area contributed by atoms with Crippen LogP contribution in [-0.4, -0.2) is 30.2 Å². The predicted octanol–water partition coefficient (Wildman–Crippen LogP) is 1.54. The van der Waals surface area contributed by atoms with E-state index in [0.717, 1.165) is 44.2 Å². The summed E-state index contributed by atoms with van der Waals surface area (Å²) in [4.78, 5) is 12.4. The summed E-state index contributed by atoms with van der Waals surface area (Å²) in [6, 6.07) is 7.93. The summed E-state index contributed by atoms with van der Waals surface area (Å²) in [5.74, 6) is 0.471. The van der Waals surface area contributed by atoms with Crippen molar-refractivity contribution >= 4 is 5.91 Å². The molecule has 0 bridgehead atoms. The van der Waals surface area contributed by atoms with Gasteiger partial charge in [0.1, 0.15) is 6.04 Å². The quantitative estimate of drug-likeness (QED) is 0.790. The molecule has 0 spiro atoms. The molecule has 1 saturated carbocycles. The zero-order valence-electron chi connectivity index (χ0n) is 12.3. The van der Waals surface area contributed by atoms with Crippen LogP contribution in [-0.2, 0) is 11.2 Å². The Labute approximate surface area is 125 Å². The standard InChI is InChI=1S/C17H24N2O2/c20-14-6-3-4-12(10-14)11-19-17(21)16-15-7-2-1-5-13(15)8-9-18-16/h1-2,5,7,12,14,16,18,20H,3-4,6,8-11H2,(H,19,21). The lowest BCUT2D eigenvalue weighted by atomic mass is 9.87. The van der Waals surface area contributed by atoms with Gasteiger partial charge in [-0.3, -0.25) is 4.79 Å². The highest BCUT2D eigenvalue weighted by atomic mass is 16.3. The van der Waals surface area contributed by atoms with Crippen LogP contribution in [0.4, 0.5) is 0 Å². The summed E-state index contributed by atoms with van der Waals surface area (Å²) in [6.45, 7) is 1.52. The fraction of sp³-hybridized carbons (Fsp3) is 0.588. The largest absolute Gasteiger partial charge is 0.393 e. The van der Waals surface area contributed by atoms with E-state index in [0.29, 0.717) is 12.5 Å². The molecule has 0 saturated heterocycles. The van der Waals surface area contributed by atoms with Gasteiger partial charge in [-0.15, -0.1) is 0 Å². The van der Waals surface area contributed by atoms with Crippen LogP contribution in [0.2, 0.25) is 0 Å². The number of carbonyl (C=O) groups excluding carboxylic acids is 1. The van der Waals surface area contributed by atoms with Crippen LogP contribution >= 0.6 is 0 Å². The maximum Gasteiger partial charge on any atom is 0.241 e. The second-order valence-corrected chi connectivity index (χ2v) is 6.27. The third-order valence-electron chi connectivity index (χ3n) is 4.69. The van der Waals surface area contributed by atoms with Gasteiger partial charge in [-0.1, -0.05) is 30.7 Å². The number of aliphatic hydroxyl groups excluding tert-OH is 1. The molecule has 3 atom stereocenters. The Balaban J connectivity index is 1.59. The highest BCUT2D eigenvalue weighted by Crippen LogP contribution is 2.25. The van der Waals surface area contributed by atoms with Crippen LogP contribution in [0, 0.1) is 5.92 Å². The third kappa shape index (κ3) is 3.44. The van der Waals surface area contributed by atoms with E-state index in [-0.39, 0.29) is 18.1 Å². The first kappa shape index (κ1) is 14.5. The van der Waals surface area contributed by atoms with Gasteiger partial charge in [0, 0.05) is 13.1 Å². The van der Waals surface area contributed by atoms with Gasteiger partial charge in [0.25, 0.3) is 0 Å². The Morgan fingerprint density at radius 3 is 3.05 bits per heavy atom. The molecule has 21 heavy (non-hydrogen) atoms. The number of hydrogen-bond donors (Lipinski definition) is 3. The molecule has 1 heterocycles. The van der Waals surface area contributed by atoms with E-state index in [4.69, 9.17) is 0 Å². The molecule has 3 rings (SSSR count). The van der Waals surface area contributed by atoms with Crippen molar-refractivity contribution in [3.63, 3.8) is 0 Å². The molecule has 1 fully saturated rings. The van der Waals surface area contributed by atoms with Crippen molar-refractivity contribution in [1.82, 2.24) is 10.6 Å². The number of amides is 1. The highest BCUT2D eigenvalue weighted by Gasteiger charge is 2.27. The first-order chi connectivity index (χ1) is 10.2. The molecular weight excluding hydrogens is 264 g/mol. The summed E-state index contributed by atoms with van der Waals surface area (Å²) >= 11 is 0. The zero-order valence-corrected chi connectivity index (χ0v) is 12.3. The van der Waals surface area contributed by atoms with E-state index in [1.807, 2.05) is 18.2 Å². The molecule has 1 amide bonds. The Morgan fingerprint density at radius 2 is 2.19 bits per heavy atom. The van der Waals surface area contributed by atoms with Crippen LogP contribution in [0.1, 0.15) is 42.9 Å². The van der Waals surface area contributed by atoms with Gasteiger partial charge in [-0.05, 0) is 42.7 Å². The fourth-order valence-corrected chi connectivity index (χ4v) is 3.53. The van der Waals surface area contributed by atoms with E-state index >= 15 is 0 Å². The lowest BCUT2D eigenvalue weighted by Gasteiger charge is -2.29. The highest BCUT2D eigenvalue weighted by molar-refractivity contribution is 5.83. The molecule has 1 aliphatic heterocycles. The second-order valence-electron chi connectivity index (χ2n) is 6.27. The number of fused-ring (bicyclic) bond motifs is 1. The molecule has 3 N–H and O–H groups in total. The molecule has 1 aromatic carbocycles. The Hall–Kier alpha value is -1.39. The maximum absolute atomic E-state index is 12.4. The molecule has 3 unspecified atom stereocenters. The topological polar surface area (TPSA) is 61.4 Å². The monoisotopic (exact) mass is 288 g/mol. The normalized spacial score (nSPS) is 28.7. The Kier molecular flexibility index (Phi) is 4.56. The first-order valence-electron chi connectivity index (χ1n) is 8.01. The average Bonchev–Trinajstić information content (AvgIpc) is 2.52. The lowest BCUT2D eigenvalue weighted by Crippen LogP contribution is -2.43. The van der Waals surface area contributed by atoms with E-state index in [1.165, 1.54) is 5.56 Å². The molecule has 4 nitrogen and oxygen atoms in total. The number of benzene rings is 1. The van der Waals surface area contributed by atoms with E-state index < -0.39 is 0 Å². The molecule has 0 aromatic heterocycles. The van der Waals surface area contributed by atoms with Gasteiger partial charge in [0.05, 0.1) is 6.10 Å². The van der Waals surface area contributed by atoms with Crippen LogP contribution in [0.15, 0.2) is 24.3 Å². The first-order valence-corrected chi connectivity index (χ1v) is 8.01. The average molecular weight is 288 g/mol. The van der Waals surface area contributed by atoms with Crippen molar-refractivity contribution in [3.05, 3.63) is 35.4 Å². The summed E-state index contributed by atoms with van der Waals surface area (Å²) in [5, 5.41) is 16.1. The van der Waals surface area contributed by atoms with Gasteiger partial charge in [-0.25, -0.2) is 0 Å². The number of hydrogen-bond acceptors (Lipinski definition) is 3. The van der Waals surface area contributed by atoms with Crippen molar-refractivity contribution in [1.29, 1.82) is 0 Å². The molecule has 114 valence electrons. The van der Waals surface area contributed by atoms with Gasteiger partial charge in [-0.2, -0.15) is 0 Å². The van der Waals surface area contributed by atoms with Crippen molar-refractivity contribution in [2.75, 3.05) is 13.1 Å². The van der Waals surface area contributed by atoms with E-state index in [9.17, 15) is 9.90 Å². The van der Waals surface area contributed by atoms with Crippen molar-refractivity contribution < 1.29 is 9.90 Å². The molecular formula is C17H24N2O2. The molecule has 1 aromatic rings. The minimum absolute atomic E-state index is 0.0576. The van der Waals surface area contributed by atoms with Crippen LogP contribution < -0.4 is 10.6 Å². The second kappa shape index (κ2) is 6.58. The molecule has 1 aliphatic carbocycles. The van der Waals surface area contributed by atoms with Crippen molar-refractivity contribution in [2.45, 2.75) is 44.2 Å². The predicted molar refractivity (Wildman–Crippen MR) is 81.9 cm³/mol. The van der Waals surface area contributed by atoms with Gasteiger partial charge in [0.15, 0.2) is 0 Å². The van der Waals surface area contributed by atoms with Gasteiger partial charge in [0.2, 0.25) is 5.91 Å². The van der Waals surface area contributed by atoms with Crippen molar-refractivity contribution in [3.8, 4) is 0 Å². The van der Waals surface area contributed by atoms with Crippen molar-refractivity contribution in [2.24, 2.45) is 5.92 Å². The lowest BCUT2D eigenvalue weighted by molar-refractivity contribution is -0.123. The minimum atomic E-state index is -0.233. The number of carbonyl (C=O) groups is 1. The molecule has 2 aliphatic rings. The summed E-state index contributed by atoms with van der Waals surface area (Å²) in [7, 11) is 0. The SMILES string of the molecule is O=C(NCC1CCCC(O)C1)C1NCCc2ccccc21. The summed E-state index contributed by atoms with van der Waals surface area (Å²) < 4.78 is 0. The van der Waals surface area contributed by atoms with Crippen LogP contribution in [0.25, 0.3) is 0 Å². The smallest absolute Gasteiger partial charge is 0.241 e. The molecule has 4 heteroatoms. The Bertz CT molecular complexity index is 503. The fourth-order valence-electron chi connectivity index (χ4n) is 3.53. The van der Waals surface area contributed by atoms with E-state index in [1.54, 1.807) is 0 Å². The zero-order chi connectivity index (χ0) is 14.7. The van der Waals surface area contributed by atoms with Gasteiger partial charge >= 0.3 is 0 Å². The minimum Gasteiger partial charge on any atom is -0.393 e. The number of rotatable bonds is 3. The maximum atomic E-state index is 12.4. The van der Waals surface area contributed by atoms with Gasteiger partial charge < -0.3 is 15.7 Å². The number of nitrogens with one attached hydrogen (secondary N) is 2. The van der Waals surface area contributed by atoms with Crippen LogP contribution in [0.3, 0.4) is 0 Å². The Morgan fingerprint density at radius 1 is 1.33 bits per heavy atom. The van der Waals surface area contributed by atoms with Crippen LogP contribution in [0.5, 0.6) is 0 Å². The summed E-state index contributed by atoms with van der Waals surface area (Å²) in [6.07, 6.45) is 4.68. The number of aliphatic hydroxyl groups is 1.